The number of aryl methyl sites for hydroxylation is 2. The van der Waals surface area contributed by atoms with Gasteiger partial charge in [0.15, 0.2) is 0 Å². The molecule has 18 heavy (non-hydrogen) atoms. The molecule has 0 amide bonds. The zero-order valence-corrected chi connectivity index (χ0v) is 12.8. The van der Waals surface area contributed by atoms with Gasteiger partial charge in [-0.15, -0.1) is 6.58 Å². The normalized spacial score (nSPS) is 10.8. The predicted molar refractivity (Wildman–Crippen MR) is 77.7 cm³/mol. The monoisotopic (exact) mass is 315 g/mol. The highest BCUT2D eigenvalue weighted by Gasteiger charge is 2.12. The van der Waals surface area contributed by atoms with Gasteiger partial charge >= 0.3 is 0 Å². The molecular formula is C13H22BrN3O. The SMILES string of the molecule is C=CCOCCNCc1c(Br)c(CC)nn1CC. The third-order valence-electron chi connectivity index (χ3n) is 2.65. The van der Waals surface area contributed by atoms with Crippen molar-refractivity contribution in [3.05, 3.63) is 28.5 Å². The molecule has 0 unspecified atom stereocenters. The van der Waals surface area contributed by atoms with Gasteiger partial charge in [-0.2, -0.15) is 5.10 Å². The lowest BCUT2D eigenvalue weighted by Crippen LogP contribution is -2.21. The van der Waals surface area contributed by atoms with Crippen LogP contribution in [0.15, 0.2) is 17.1 Å². The summed E-state index contributed by atoms with van der Waals surface area (Å²) in [4.78, 5) is 0. The molecule has 0 aliphatic carbocycles. The Morgan fingerprint density at radius 2 is 2.28 bits per heavy atom. The molecule has 102 valence electrons. The quantitative estimate of drug-likeness (QED) is 0.562. The van der Waals surface area contributed by atoms with Crippen LogP contribution in [-0.2, 0) is 24.2 Å². The van der Waals surface area contributed by atoms with Crippen molar-refractivity contribution in [1.29, 1.82) is 0 Å². The van der Waals surface area contributed by atoms with Gasteiger partial charge in [0.25, 0.3) is 0 Å². The molecule has 0 spiro atoms. The van der Waals surface area contributed by atoms with Crippen LogP contribution in [0.5, 0.6) is 0 Å². The van der Waals surface area contributed by atoms with Gasteiger partial charge in [-0.25, -0.2) is 0 Å². The molecule has 5 heteroatoms. The second-order valence-electron chi connectivity index (χ2n) is 3.92. The molecule has 0 saturated carbocycles. The minimum Gasteiger partial charge on any atom is -0.376 e. The van der Waals surface area contributed by atoms with Crippen LogP contribution < -0.4 is 5.32 Å². The van der Waals surface area contributed by atoms with Crippen LogP contribution in [0.2, 0.25) is 0 Å². The molecule has 1 aromatic heterocycles. The van der Waals surface area contributed by atoms with Crippen molar-refractivity contribution in [3.8, 4) is 0 Å². The third-order valence-corrected chi connectivity index (χ3v) is 3.56. The second kappa shape index (κ2) is 8.45. The summed E-state index contributed by atoms with van der Waals surface area (Å²) < 4.78 is 8.49. The van der Waals surface area contributed by atoms with Crippen LogP contribution in [0, 0.1) is 0 Å². The number of nitrogens with one attached hydrogen (secondary N) is 1. The van der Waals surface area contributed by atoms with Crippen LogP contribution in [-0.4, -0.2) is 29.5 Å². The smallest absolute Gasteiger partial charge is 0.0767 e. The van der Waals surface area contributed by atoms with E-state index in [1.807, 2.05) is 4.68 Å². The number of aromatic nitrogens is 2. The first-order chi connectivity index (χ1) is 8.74. The lowest BCUT2D eigenvalue weighted by atomic mass is 10.3. The van der Waals surface area contributed by atoms with Crippen molar-refractivity contribution in [1.82, 2.24) is 15.1 Å². The van der Waals surface area contributed by atoms with Gasteiger partial charge in [0.05, 0.1) is 29.1 Å². The maximum atomic E-state index is 5.32. The van der Waals surface area contributed by atoms with E-state index in [0.717, 1.165) is 36.2 Å². The molecule has 0 bridgehead atoms. The zero-order chi connectivity index (χ0) is 13.4. The molecule has 1 N–H and O–H groups in total. The van der Waals surface area contributed by atoms with Crippen molar-refractivity contribution in [3.63, 3.8) is 0 Å². The Bertz CT molecular complexity index is 377. The van der Waals surface area contributed by atoms with Crippen molar-refractivity contribution in [2.24, 2.45) is 0 Å². The number of ether oxygens (including phenoxy) is 1. The average Bonchev–Trinajstić information content (AvgIpc) is 2.70. The van der Waals surface area contributed by atoms with E-state index in [1.54, 1.807) is 6.08 Å². The molecule has 0 aliphatic rings. The van der Waals surface area contributed by atoms with Gasteiger partial charge in [0.2, 0.25) is 0 Å². The zero-order valence-electron chi connectivity index (χ0n) is 11.2. The molecule has 0 atom stereocenters. The van der Waals surface area contributed by atoms with Crippen LogP contribution in [0.3, 0.4) is 0 Å². The topological polar surface area (TPSA) is 39.1 Å². The molecule has 0 saturated heterocycles. The first-order valence-corrected chi connectivity index (χ1v) is 7.17. The number of nitrogens with zero attached hydrogens (tertiary/aromatic N) is 2. The summed E-state index contributed by atoms with van der Waals surface area (Å²) in [6, 6.07) is 0. The molecule has 1 heterocycles. The van der Waals surface area contributed by atoms with Crippen molar-refractivity contribution < 1.29 is 4.74 Å². The highest BCUT2D eigenvalue weighted by Crippen LogP contribution is 2.22. The van der Waals surface area contributed by atoms with E-state index in [-0.39, 0.29) is 0 Å². The fourth-order valence-corrected chi connectivity index (χ4v) is 2.41. The first-order valence-electron chi connectivity index (χ1n) is 6.37. The third kappa shape index (κ3) is 4.23. The minimum atomic E-state index is 0.609. The van der Waals surface area contributed by atoms with E-state index in [9.17, 15) is 0 Å². The van der Waals surface area contributed by atoms with E-state index < -0.39 is 0 Å². The molecule has 4 nitrogen and oxygen atoms in total. The van der Waals surface area contributed by atoms with Crippen molar-refractivity contribution in [2.75, 3.05) is 19.8 Å². The fourth-order valence-electron chi connectivity index (χ4n) is 1.70. The van der Waals surface area contributed by atoms with E-state index in [4.69, 9.17) is 4.74 Å². The molecule has 1 aromatic rings. The lowest BCUT2D eigenvalue weighted by molar-refractivity contribution is 0.163. The van der Waals surface area contributed by atoms with E-state index in [1.165, 1.54) is 5.69 Å². The molecule has 0 aliphatic heterocycles. The Morgan fingerprint density at radius 3 is 2.89 bits per heavy atom. The highest BCUT2D eigenvalue weighted by atomic mass is 79.9. The van der Waals surface area contributed by atoms with E-state index >= 15 is 0 Å². The Kier molecular flexibility index (Phi) is 7.23. The standard InChI is InChI=1S/C13H22BrN3O/c1-4-8-18-9-7-15-10-12-13(14)11(5-2)16-17(12)6-3/h4,15H,1,5-10H2,2-3H3. The van der Waals surface area contributed by atoms with Crippen LogP contribution in [0.4, 0.5) is 0 Å². The maximum absolute atomic E-state index is 5.32. The summed E-state index contributed by atoms with van der Waals surface area (Å²) in [5, 5.41) is 7.92. The van der Waals surface area contributed by atoms with Crippen molar-refractivity contribution >= 4 is 15.9 Å². The number of hydrogen-bond donors (Lipinski definition) is 1. The van der Waals surface area contributed by atoms with Gasteiger partial charge in [-0.1, -0.05) is 13.0 Å². The molecule has 0 fully saturated rings. The Morgan fingerprint density at radius 1 is 1.50 bits per heavy atom. The largest absolute Gasteiger partial charge is 0.376 e. The van der Waals surface area contributed by atoms with Crippen LogP contribution in [0.1, 0.15) is 25.2 Å². The van der Waals surface area contributed by atoms with Gasteiger partial charge < -0.3 is 10.1 Å². The second-order valence-corrected chi connectivity index (χ2v) is 4.71. The Labute approximate surface area is 118 Å². The van der Waals surface area contributed by atoms with Crippen LogP contribution >= 0.6 is 15.9 Å². The van der Waals surface area contributed by atoms with Gasteiger partial charge in [-0.05, 0) is 29.3 Å². The summed E-state index contributed by atoms with van der Waals surface area (Å²) in [5.74, 6) is 0. The Hall–Kier alpha value is -0.650. The van der Waals surface area contributed by atoms with Crippen LogP contribution in [0.25, 0.3) is 0 Å². The molecular weight excluding hydrogens is 294 g/mol. The van der Waals surface area contributed by atoms with Gasteiger partial charge in [0.1, 0.15) is 0 Å². The number of rotatable bonds is 9. The lowest BCUT2D eigenvalue weighted by Gasteiger charge is -2.07. The average molecular weight is 316 g/mol. The van der Waals surface area contributed by atoms with Crippen molar-refractivity contribution in [2.45, 2.75) is 33.4 Å². The molecule has 0 radical (unpaired) electrons. The highest BCUT2D eigenvalue weighted by molar-refractivity contribution is 9.10. The maximum Gasteiger partial charge on any atom is 0.0767 e. The summed E-state index contributed by atoms with van der Waals surface area (Å²) >= 11 is 3.63. The van der Waals surface area contributed by atoms with Gasteiger partial charge in [-0.3, -0.25) is 4.68 Å². The first kappa shape index (κ1) is 15.4. The summed E-state index contributed by atoms with van der Waals surface area (Å²) in [5.41, 5.74) is 2.33. The number of halogens is 1. The summed E-state index contributed by atoms with van der Waals surface area (Å²) in [7, 11) is 0. The predicted octanol–water partition coefficient (Wildman–Crippen LogP) is 2.52. The van der Waals surface area contributed by atoms with Gasteiger partial charge in [0, 0.05) is 19.6 Å². The molecule has 0 aromatic carbocycles. The summed E-state index contributed by atoms with van der Waals surface area (Å²) in [6.07, 6.45) is 2.71. The fraction of sp³-hybridized carbons (Fsp3) is 0.615. The summed E-state index contributed by atoms with van der Waals surface area (Å²) in [6.45, 7) is 11.7. The molecule has 1 rings (SSSR count). The van der Waals surface area contributed by atoms with E-state index in [0.29, 0.717) is 13.2 Å². The number of hydrogen-bond acceptors (Lipinski definition) is 3. The van der Waals surface area contributed by atoms with E-state index in [2.05, 4.69) is 46.8 Å². The minimum absolute atomic E-state index is 0.609. The Balaban J connectivity index is 2.45.